The van der Waals surface area contributed by atoms with E-state index in [1.54, 1.807) is 0 Å². The summed E-state index contributed by atoms with van der Waals surface area (Å²) in [7, 11) is 0. The molecule has 2 rings (SSSR count). The van der Waals surface area contributed by atoms with Crippen LogP contribution in [0.1, 0.15) is 10.4 Å². The number of anilines is 2. The Kier molecular flexibility index (Phi) is 2.88. The molecule has 1 aliphatic heterocycles. The highest BCUT2D eigenvalue weighted by Crippen LogP contribution is 2.28. The number of carbonyl (C=O) groups excluding carboxylic acids is 2. The van der Waals surface area contributed by atoms with Crippen molar-refractivity contribution in [2.75, 3.05) is 23.7 Å². The Morgan fingerprint density at radius 3 is 2.44 bits per heavy atom. The van der Waals surface area contributed by atoms with Gasteiger partial charge in [-0.25, -0.2) is 4.79 Å². The highest BCUT2D eigenvalue weighted by atomic mass is 16.4. The van der Waals surface area contributed by atoms with Crippen LogP contribution < -0.4 is 16.0 Å². The number of imide groups is 1. The molecule has 0 aliphatic carbocycles. The number of carboxylic acid groups (broad SMARTS) is 1. The number of carboxylic acids is 1. The van der Waals surface area contributed by atoms with E-state index in [4.69, 9.17) is 10.8 Å². The lowest BCUT2D eigenvalue weighted by Gasteiger charge is -2.29. The van der Waals surface area contributed by atoms with Gasteiger partial charge in [0, 0.05) is 0 Å². The van der Waals surface area contributed by atoms with E-state index in [-0.39, 0.29) is 30.0 Å². The molecule has 1 aromatic rings. The van der Waals surface area contributed by atoms with E-state index < -0.39 is 17.8 Å². The second-order valence-corrected chi connectivity index (χ2v) is 3.88. The number of nitrogens with two attached hydrogens (primary N) is 1. The summed E-state index contributed by atoms with van der Waals surface area (Å²) in [5, 5.41) is 11.2. The maximum atomic E-state index is 11.3. The number of hydrogen-bond acceptors (Lipinski definition) is 5. The molecule has 0 unspecified atom stereocenters. The van der Waals surface area contributed by atoms with Gasteiger partial charge in [0.05, 0.1) is 30.0 Å². The van der Waals surface area contributed by atoms with Crippen molar-refractivity contribution in [2.45, 2.75) is 0 Å². The van der Waals surface area contributed by atoms with E-state index in [9.17, 15) is 14.4 Å². The van der Waals surface area contributed by atoms with Gasteiger partial charge in [0.1, 0.15) is 0 Å². The molecule has 0 atom stereocenters. The van der Waals surface area contributed by atoms with Crippen LogP contribution in [0.3, 0.4) is 0 Å². The van der Waals surface area contributed by atoms with Crippen LogP contribution in [-0.2, 0) is 9.59 Å². The molecule has 94 valence electrons. The first-order chi connectivity index (χ1) is 8.49. The average Bonchev–Trinajstić information content (AvgIpc) is 2.26. The molecule has 18 heavy (non-hydrogen) atoms. The second kappa shape index (κ2) is 4.36. The zero-order valence-corrected chi connectivity index (χ0v) is 9.34. The Balaban J connectivity index is 2.46. The van der Waals surface area contributed by atoms with Gasteiger partial charge in [-0.1, -0.05) is 6.07 Å². The minimum atomic E-state index is -1.16. The third-order valence-corrected chi connectivity index (χ3v) is 2.56. The minimum absolute atomic E-state index is 0.0301. The summed E-state index contributed by atoms with van der Waals surface area (Å²) in [5.74, 6) is -2.12. The van der Waals surface area contributed by atoms with Gasteiger partial charge in [-0.05, 0) is 12.1 Å². The Hall–Kier alpha value is -2.57. The molecule has 1 heterocycles. The smallest absolute Gasteiger partial charge is 0.337 e. The zero-order chi connectivity index (χ0) is 13.3. The molecule has 7 nitrogen and oxygen atoms in total. The van der Waals surface area contributed by atoms with Crippen LogP contribution in [0, 0.1) is 0 Å². The average molecular weight is 249 g/mol. The minimum Gasteiger partial charge on any atom is -0.478 e. The largest absolute Gasteiger partial charge is 0.478 e. The van der Waals surface area contributed by atoms with Crippen molar-refractivity contribution in [3.05, 3.63) is 23.8 Å². The van der Waals surface area contributed by atoms with Crippen LogP contribution in [0.25, 0.3) is 0 Å². The van der Waals surface area contributed by atoms with Gasteiger partial charge in [-0.3, -0.25) is 14.9 Å². The van der Waals surface area contributed by atoms with Gasteiger partial charge in [0.15, 0.2) is 0 Å². The lowest BCUT2D eigenvalue weighted by molar-refractivity contribution is -0.130. The summed E-state index contributed by atoms with van der Waals surface area (Å²) in [4.78, 5) is 35.0. The molecule has 4 N–H and O–H groups in total. The standard InChI is InChI=1S/C11H11N3O4/c12-7-3-1-2-6(11(17)18)10(7)14-4-8(15)13-9(16)5-14/h1-3H,4-5,12H2,(H,17,18)(H,13,15,16). The summed E-state index contributed by atoms with van der Waals surface area (Å²) >= 11 is 0. The van der Waals surface area contributed by atoms with Crippen LogP contribution in [0.5, 0.6) is 0 Å². The van der Waals surface area contributed by atoms with Gasteiger partial charge < -0.3 is 15.7 Å². The van der Waals surface area contributed by atoms with E-state index in [0.29, 0.717) is 0 Å². The fraction of sp³-hybridized carbons (Fsp3) is 0.182. The van der Waals surface area contributed by atoms with Crippen LogP contribution in [-0.4, -0.2) is 36.0 Å². The molecule has 7 heteroatoms. The van der Waals surface area contributed by atoms with Crippen LogP contribution in [0.4, 0.5) is 11.4 Å². The summed E-state index contributed by atoms with van der Waals surface area (Å²) in [6, 6.07) is 4.41. The van der Waals surface area contributed by atoms with Gasteiger partial charge in [0.25, 0.3) is 0 Å². The normalized spacial score (nSPS) is 15.4. The van der Waals surface area contributed by atoms with Crippen molar-refractivity contribution in [3.63, 3.8) is 0 Å². The summed E-state index contributed by atoms with van der Waals surface area (Å²) < 4.78 is 0. The van der Waals surface area contributed by atoms with Crippen molar-refractivity contribution in [3.8, 4) is 0 Å². The van der Waals surface area contributed by atoms with E-state index in [2.05, 4.69) is 5.32 Å². The van der Waals surface area contributed by atoms with Crippen molar-refractivity contribution in [1.29, 1.82) is 0 Å². The summed E-state index contributed by atoms with van der Waals surface area (Å²) in [5.41, 5.74) is 6.12. The Morgan fingerprint density at radius 2 is 1.89 bits per heavy atom. The first kappa shape index (κ1) is 11.9. The Labute approximate surface area is 102 Å². The maximum absolute atomic E-state index is 11.3. The summed E-state index contributed by atoms with van der Waals surface area (Å²) in [6.07, 6.45) is 0. The number of aromatic carboxylic acids is 1. The van der Waals surface area contributed by atoms with Gasteiger partial charge in [-0.2, -0.15) is 0 Å². The van der Waals surface area contributed by atoms with Crippen molar-refractivity contribution < 1.29 is 19.5 Å². The van der Waals surface area contributed by atoms with Crippen molar-refractivity contribution >= 4 is 29.2 Å². The zero-order valence-electron chi connectivity index (χ0n) is 9.34. The number of nitrogens with one attached hydrogen (secondary N) is 1. The number of hydrogen-bond donors (Lipinski definition) is 3. The van der Waals surface area contributed by atoms with Crippen LogP contribution in [0.15, 0.2) is 18.2 Å². The topological polar surface area (TPSA) is 113 Å². The van der Waals surface area contributed by atoms with E-state index in [0.717, 1.165) is 0 Å². The van der Waals surface area contributed by atoms with E-state index in [1.807, 2.05) is 0 Å². The Morgan fingerprint density at radius 1 is 1.28 bits per heavy atom. The van der Waals surface area contributed by atoms with Gasteiger partial charge >= 0.3 is 5.97 Å². The number of piperazine rings is 1. The number of para-hydroxylation sites is 1. The van der Waals surface area contributed by atoms with Crippen molar-refractivity contribution in [2.24, 2.45) is 0 Å². The number of carbonyl (C=O) groups is 3. The third kappa shape index (κ3) is 2.10. The number of rotatable bonds is 2. The molecule has 1 aromatic carbocycles. The molecule has 1 aliphatic rings. The Bertz CT molecular complexity index is 525. The fourth-order valence-electron chi connectivity index (χ4n) is 1.88. The molecule has 0 spiro atoms. The quantitative estimate of drug-likeness (QED) is 0.478. The van der Waals surface area contributed by atoms with E-state index in [1.165, 1.54) is 23.1 Å². The highest BCUT2D eigenvalue weighted by molar-refractivity contribution is 6.06. The monoisotopic (exact) mass is 249 g/mol. The molecular weight excluding hydrogens is 238 g/mol. The maximum Gasteiger partial charge on any atom is 0.337 e. The first-order valence-corrected chi connectivity index (χ1v) is 5.18. The molecular formula is C11H11N3O4. The van der Waals surface area contributed by atoms with Gasteiger partial charge in [0.2, 0.25) is 11.8 Å². The molecule has 1 saturated heterocycles. The lowest BCUT2D eigenvalue weighted by Crippen LogP contribution is -2.52. The number of nitrogens with zero attached hydrogens (tertiary/aromatic N) is 1. The van der Waals surface area contributed by atoms with Crippen LogP contribution in [0.2, 0.25) is 0 Å². The summed E-state index contributed by atoms with van der Waals surface area (Å²) in [6.45, 7) is -0.194. The molecule has 0 bridgehead atoms. The predicted molar refractivity (Wildman–Crippen MR) is 63.2 cm³/mol. The molecule has 0 saturated carbocycles. The van der Waals surface area contributed by atoms with Crippen molar-refractivity contribution in [1.82, 2.24) is 5.32 Å². The number of nitrogen functional groups attached to an aromatic ring is 1. The van der Waals surface area contributed by atoms with Crippen LogP contribution >= 0.6 is 0 Å². The predicted octanol–water partition coefficient (Wildman–Crippen LogP) is -0.570. The molecule has 1 fully saturated rings. The molecule has 0 radical (unpaired) electrons. The molecule has 0 aromatic heterocycles. The highest BCUT2D eigenvalue weighted by Gasteiger charge is 2.27. The third-order valence-electron chi connectivity index (χ3n) is 2.56. The van der Waals surface area contributed by atoms with Gasteiger partial charge in [-0.15, -0.1) is 0 Å². The molecule has 2 amide bonds. The fourth-order valence-corrected chi connectivity index (χ4v) is 1.88. The second-order valence-electron chi connectivity index (χ2n) is 3.88. The SMILES string of the molecule is Nc1cccc(C(=O)O)c1N1CC(=O)NC(=O)C1. The number of amides is 2. The number of benzene rings is 1. The van der Waals surface area contributed by atoms with E-state index >= 15 is 0 Å². The first-order valence-electron chi connectivity index (χ1n) is 5.18. The lowest BCUT2D eigenvalue weighted by atomic mass is 10.1.